The Hall–Kier alpha value is -3.21. The van der Waals surface area contributed by atoms with Gasteiger partial charge in [-0.05, 0) is 29.3 Å². The quantitative estimate of drug-likeness (QED) is 0.604. The molecule has 0 aliphatic heterocycles. The average Bonchev–Trinajstić information content (AvgIpc) is 2.96. The van der Waals surface area contributed by atoms with E-state index in [2.05, 4.69) is 4.74 Å². The van der Waals surface area contributed by atoms with Gasteiger partial charge in [-0.2, -0.15) is 8.78 Å². The Morgan fingerprint density at radius 3 is 2.08 bits per heavy atom. The van der Waals surface area contributed by atoms with Crippen molar-refractivity contribution in [3.63, 3.8) is 0 Å². The van der Waals surface area contributed by atoms with Gasteiger partial charge < -0.3 is 9.47 Å². The fourth-order valence-corrected chi connectivity index (χ4v) is 3.21. The van der Waals surface area contributed by atoms with Gasteiger partial charge in [-0.25, -0.2) is 4.79 Å². The van der Waals surface area contributed by atoms with E-state index in [1.165, 1.54) is 24.3 Å². The van der Waals surface area contributed by atoms with Crippen molar-refractivity contribution in [1.29, 1.82) is 0 Å². The summed E-state index contributed by atoms with van der Waals surface area (Å²) in [5, 5.41) is 0. The van der Waals surface area contributed by atoms with E-state index in [9.17, 15) is 13.6 Å². The van der Waals surface area contributed by atoms with Crippen LogP contribution in [0.4, 0.5) is 8.78 Å². The SMILES string of the molecule is O=C(OC1c2ccccc2-c2ccccc21)c1cccc(OC(F)F)c1. The zero-order valence-corrected chi connectivity index (χ0v) is 13.6. The molecule has 0 bridgehead atoms. The Morgan fingerprint density at radius 2 is 1.46 bits per heavy atom. The predicted octanol–water partition coefficient (Wildman–Crippen LogP) is 5.21. The maximum absolute atomic E-state index is 12.6. The minimum atomic E-state index is -2.95. The van der Waals surface area contributed by atoms with Crippen LogP contribution in [-0.2, 0) is 4.74 Å². The third-order valence-electron chi connectivity index (χ3n) is 4.30. The molecule has 3 nitrogen and oxygen atoms in total. The number of ether oxygens (including phenoxy) is 2. The normalized spacial score (nSPS) is 12.6. The lowest BCUT2D eigenvalue weighted by Crippen LogP contribution is -2.11. The summed E-state index contributed by atoms with van der Waals surface area (Å²) < 4.78 is 34.8. The number of carbonyl (C=O) groups is 1. The van der Waals surface area contributed by atoms with Crippen molar-refractivity contribution in [2.45, 2.75) is 12.7 Å². The number of benzene rings is 3. The number of alkyl halides is 2. The van der Waals surface area contributed by atoms with E-state index in [1.807, 2.05) is 48.5 Å². The topological polar surface area (TPSA) is 35.5 Å². The van der Waals surface area contributed by atoms with E-state index in [0.717, 1.165) is 22.3 Å². The molecule has 3 aromatic carbocycles. The Kier molecular flexibility index (Phi) is 4.13. The number of esters is 1. The van der Waals surface area contributed by atoms with E-state index < -0.39 is 18.7 Å². The Balaban J connectivity index is 1.64. The highest BCUT2D eigenvalue weighted by Crippen LogP contribution is 2.45. The van der Waals surface area contributed by atoms with Gasteiger partial charge in [0.15, 0.2) is 6.10 Å². The first-order valence-corrected chi connectivity index (χ1v) is 8.07. The maximum Gasteiger partial charge on any atom is 0.387 e. The summed E-state index contributed by atoms with van der Waals surface area (Å²) in [7, 11) is 0. The molecule has 1 aliphatic rings. The van der Waals surface area contributed by atoms with Crippen molar-refractivity contribution in [3.05, 3.63) is 89.5 Å². The molecule has 0 radical (unpaired) electrons. The van der Waals surface area contributed by atoms with E-state index in [4.69, 9.17) is 4.74 Å². The van der Waals surface area contributed by atoms with Gasteiger partial charge in [-0.3, -0.25) is 0 Å². The Bertz CT molecular complexity index is 923. The van der Waals surface area contributed by atoms with E-state index in [1.54, 1.807) is 0 Å². The van der Waals surface area contributed by atoms with Gasteiger partial charge in [0, 0.05) is 11.1 Å². The van der Waals surface area contributed by atoms with Crippen LogP contribution in [0.25, 0.3) is 11.1 Å². The lowest BCUT2D eigenvalue weighted by atomic mass is 10.1. The molecule has 0 saturated carbocycles. The third kappa shape index (κ3) is 2.92. The van der Waals surface area contributed by atoms with Crippen molar-refractivity contribution in [2.24, 2.45) is 0 Å². The first kappa shape index (κ1) is 16.3. The van der Waals surface area contributed by atoms with Gasteiger partial charge in [0.2, 0.25) is 0 Å². The maximum atomic E-state index is 12.6. The minimum absolute atomic E-state index is 0.0818. The second-order valence-corrected chi connectivity index (χ2v) is 5.87. The van der Waals surface area contributed by atoms with Gasteiger partial charge >= 0.3 is 12.6 Å². The molecule has 130 valence electrons. The van der Waals surface area contributed by atoms with E-state index >= 15 is 0 Å². The largest absolute Gasteiger partial charge is 0.449 e. The molecule has 0 spiro atoms. The van der Waals surface area contributed by atoms with Gasteiger partial charge in [-0.15, -0.1) is 0 Å². The van der Waals surface area contributed by atoms with Crippen molar-refractivity contribution in [1.82, 2.24) is 0 Å². The van der Waals surface area contributed by atoms with Crippen molar-refractivity contribution in [2.75, 3.05) is 0 Å². The first-order valence-electron chi connectivity index (χ1n) is 8.07. The van der Waals surface area contributed by atoms with Gasteiger partial charge in [0.1, 0.15) is 5.75 Å². The van der Waals surface area contributed by atoms with Crippen molar-refractivity contribution < 1.29 is 23.0 Å². The van der Waals surface area contributed by atoms with Crippen LogP contribution in [0, 0.1) is 0 Å². The molecule has 0 atom stereocenters. The number of halogens is 2. The minimum Gasteiger partial charge on any atom is -0.449 e. The molecule has 0 saturated heterocycles. The molecule has 0 aromatic heterocycles. The summed E-state index contributed by atoms with van der Waals surface area (Å²) in [6.45, 7) is -2.95. The molecule has 0 fully saturated rings. The monoisotopic (exact) mass is 352 g/mol. The summed E-state index contributed by atoms with van der Waals surface area (Å²) in [5.41, 5.74) is 4.01. The second kappa shape index (κ2) is 6.59. The molecule has 0 N–H and O–H groups in total. The zero-order chi connectivity index (χ0) is 18.1. The highest BCUT2D eigenvalue weighted by molar-refractivity contribution is 5.91. The number of rotatable bonds is 4. The van der Waals surface area contributed by atoms with Crippen LogP contribution in [0.3, 0.4) is 0 Å². The Morgan fingerprint density at radius 1 is 0.846 bits per heavy atom. The van der Waals surface area contributed by atoms with Gasteiger partial charge in [0.05, 0.1) is 5.56 Å². The first-order chi connectivity index (χ1) is 12.6. The van der Waals surface area contributed by atoms with Gasteiger partial charge in [0.25, 0.3) is 0 Å². The van der Waals surface area contributed by atoms with Crippen LogP contribution in [0.1, 0.15) is 27.6 Å². The summed E-state index contributed by atoms with van der Waals surface area (Å²) in [6, 6.07) is 21.1. The second-order valence-electron chi connectivity index (χ2n) is 5.87. The van der Waals surface area contributed by atoms with Crippen LogP contribution in [0.5, 0.6) is 5.75 Å². The molecule has 0 unspecified atom stereocenters. The lowest BCUT2D eigenvalue weighted by molar-refractivity contribution is -0.0499. The number of carbonyl (C=O) groups excluding carboxylic acids is 1. The number of hydrogen-bond donors (Lipinski definition) is 0. The number of fused-ring (bicyclic) bond motifs is 3. The van der Waals surface area contributed by atoms with E-state index in [-0.39, 0.29) is 11.3 Å². The summed E-state index contributed by atoms with van der Waals surface area (Å²) in [6.07, 6.45) is -0.533. The Labute approximate surface area is 148 Å². The summed E-state index contributed by atoms with van der Waals surface area (Å²) in [4.78, 5) is 12.6. The molecule has 4 rings (SSSR count). The molecule has 26 heavy (non-hydrogen) atoms. The van der Waals surface area contributed by atoms with Crippen LogP contribution in [-0.4, -0.2) is 12.6 Å². The van der Waals surface area contributed by atoms with Crippen LogP contribution in [0.15, 0.2) is 72.8 Å². The third-order valence-corrected chi connectivity index (χ3v) is 4.30. The van der Waals surface area contributed by atoms with Crippen LogP contribution >= 0.6 is 0 Å². The van der Waals surface area contributed by atoms with Crippen molar-refractivity contribution >= 4 is 5.97 Å². The summed E-state index contributed by atoms with van der Waals surface area (Å²) in [5.74, 6) is -0.678. The number of hydrogen-bond acceptors (Lipinski definition) is 3. The highest BCUT2D eigenvalue weighted by Gasteiger charge is 2.31. The van der Waals surface area contributed by atoms with Gasteiger partial charge in [-0.1, -0.05) is 54.6 Å². The average molecular weight is 352 g/mol. The molecular weight excluding hydrogens is 338 g/mol. The smallest absolute Gasteiger partial charge is 0.387 e. The molecule has 5 heteroatoms. The molecule has 0 amide bonds. The molecular formula is C21H14F2O3. The molecule has 3 aromatic rings. The standard InChI is InChI=1S/C21H14F2O3/c22-21(23)25-14-7-5-6-13(12-14)20(24)26-19-17-10-3-1-8-15(17)16-9-2-4-11-18(16)19/h1-12,19,21H. The van der Waals surface area contributed by atoms with E-state index in [0.29, 0.717) is 0 Å². The fraction of sp³-hybridized carbons (Fsp3) is 0.0952. The zero-order valence-electron chi connectivity index (χ0n) is 13.6. The van der Waals surface area contributed by atoms with Crippen LogP contribution in [0.2, 0.25) is 0 Å². The molecule has 0 heterocycles. The van der Waals surface area contributed by atoms with Crippen molar-refractivity contribution in [3.8, 4) is 16.9 Å². The molecule has 1 aliphatic carbocycles. The lowest BCUT2D eigenvalue weighted by Gasteiger charge is -2.15. The fourth-order valence-electron chi connectivity index (χ4n) is 3.21. The summed E-state index contributed by atoms with van der Waals surface area (Å²) >= 11 is 0. The highest BCUT2D eigenvalue weighted by atomic mass is 19.3. The predicted molar refractivity (Wildman–Crippen MR) is 92.2 cm³/mol. The van der Waals surface area contributed by atoms with Crippen LogP contribution < -0.4 is 4.74 Å².